The zero-order valence-corrected chi connectivity index (χ0v) is 12.3. The average molecular weight is 276 g/mol. The van der Waals surface area contributed by atoms with Gasteiger partial charge in [0.15, 0.2) is 0 Å². The van der Waals surface area contributed by atoms with Crippen LogP contribution in [0.25, 0.3) is 0 Å². The molecule has 0 radical (unpaired) electrons. The Morgan fingerprint density at radius 2 is 2.20 bits per heavy atom. The fraction of sp³-hybridized carbons (Fsp3) is 0.562. The molecule has 1 aromatic rings. The molecular weight excluding hydrogens is 252 g/mol. The van der Waals surface area contributed by atoms with Crippen molar-refractivity contribution < 1.29 is 9.90 Å². The number of rotatable bonds is 5. The lowest BCUT2D eigenvalue weighted by atomic mass is 9.85. The first-order valence-corrected chi connectivity index (χ1v) is 7.24. The number of nitrogens with zero attached hydrogens (tertiary/aromatic N) is 1. The molecule has 2 rings (SSSR count). The van der Waals surface area contributed by atoms with Crippen LogP contribution in [0.1, 0.15) is 31.2 Å². The molecular formula is C16H24N2O2. The minimum Gasteiger partial charge on any atom is -0.480 e. The van der Waals surface area contributed by atoms with Gasteiger partial charge in [0.25, 0.3) is 0 Å². The third-order valence-electron chi connectivity index (χ3n) is 4.61. The lowest BCUT2D eigenvalue weighted by Gasteiger charge is -2.29. The van der Waals surface area contributed by atoms with Crippen molar-refractivity contribution in [1.82, 2.24) is 0 Å². The van der Waals surface area contributed by atoms with Crippen LogP contribution in [0.3, 0.4) is 0 Å². The second-order valence-corrected chi connectivity index (χ2v) is 5.93. The second-order valence-electron chi connectivity index (χ2n) is 5.93. The molecule has 4 nitrogen and oxygen atoms in total. The molecule has 0 saturated heterocycles. The highest BCUT2D eigenvalue weighted by Crippen LogP contribution is 2.36. The third-order valence-corrected chi connectivity index (χ3v) is 4.61. The van der Waals surface area contributed by atoms with Gasteiger partial charge in [-0.2, -0.15) is 0 Å². The molecule has 0 heterocycles. The largest absolute Gasteiger partial charge is 0.480 e. The zero-order chi connectivity index (χ0) is 14.8. The highest BCUT2D eigenvalue weighted by molar-refractivity contribution is 5.79. The van der Waals surface area contributed by atoms with E-state index in [0.717, 1.165) is 25.8 Å². The Morgan fingerprint density at radius 1 is 1.50 bits per heavy atom. The van der Waals surface area contributed by atoms with Crippen LogP contribution in [-0.4, -0.2) is 30.2 Å². The van der Waals surface area contributed by atoms with Gasteiger partial charge < -0.3 is 15.7 Å². The number of anilines is 1. The number of carboxylic acids is 1. The molecule has 0 bridgehead atoms. The summed E-state index contributed by atoms with van der Waals surface area (Å²) < 4.78 is 0. The number of hydrogen-bond donors (Lipinski definition) is 2. The van der Waals surface area contributed by atoms with Gasteiger partial charge in [-0.25, -0.2) is 0 Å². The maximum atomic E-state index is 11.4. The lowest BCUT2D eigenvalue weighted by molar-refractivity contribution is -0.144. The van der Waals surface area contributed by atoms with Crippen molar-refractivity contribution in [2.24, 2.45) is 11.7 Å². The van der Waals surface area contributed by atoms with Crippen molar-refractivity contribution in [2.75, 3.05) is 18.5 Å². The predicted molar refractivity (Wildman–Crippen MR) is 81.0 cm³/mol. The number of benzene rings is 1. The van der Waals surface area contributed by atoms with Gasteiger partial charge >= 0.3 is 5.97 Å². The van der Waals surface area contributed by atoms with E-state index >= 15 is 0 Å². The van der Waals surface area contributed by atoms with Crippen molar-refractivity contribution in [3.8, 4) is 0 Å². The van der Waals surface area contributed by atoms with E-state index < -0.39 is 11.5 Å². The Bertz CT molecular complexity index is 489. The SMILES string of the molecule is Cc1ccccc1N(C)CCC1CCCC1(N)C(=O)O. The van der Waals surface area contributed by atoms with Crippen molar-refractivity contribution >= 4 is 11.7 Å². The van der Waals surface area contributed by atoms with Gasteiger partial charge in [-0.1, -0.05) is 24.6 Å². The molecule has 1 aromatic carbocycles. The Kier molecular flexibility index (Phi) is 4.33. The minimum atomic E-state index is -1.02. The molecule has 4 heteroatoms. The third kappa shape index (κ3) is 2.80. The Balaban J connectivity index is 1.99. The normalized spacial score (nSPS) is 25.6. The number of hydrogen-bond acceptors (Lipinski definition) is 3. The maximum Gasteiger partial charge on any atom is 0.323 e. The number of carbonyl (C=O) groups is 1. The van der Waals surface area contributed by atoms with E-state index in [1.165, 1.54) is 11.3 Å². The summed E-state index contributed by atoms with van der Waals surface area (Å²) in [5, 5.41) is 9.33. The van der Waals surface area contributed by atoms with E-state index in [4.69, 9.17) is 5.73 Å². The average Bonchev–Trinajstić information content (AvgIpc) is 2.79. The highest BCUT2D eigenvalue weighted by atomic mass is 16.4. The molecule has 0 spiro atoms. The molecule has 1 fully saturated rings. The molecule has 1 aliphatic carbocycles. The summed E-state index contributed by atoms with van der Waals surface area (Å²) in [6.07, 6.45) is 3.26. The van der Waals surface area contributed by atoms with Crippen molar-refractivity contribution in [2.45, 2.75) is 38.1 Å². The number of aryl methyl sites for hydroxylation is 1. The standard InChI is InChI=1S/C16H24N2O2/c1-12-6-3-4-8-14(12)18(2)11-9-13-7-5-10-16(13,17)15(19)20/h3-4,6,8,13H,5,7,9-11,17H2,1-2H3,(H,19,20). The van der Waals surface area contributed by atoms with E-state index in [-0.39, 0.29) is 5.92 Å². The summed E-state index contributed by atoms with van der Waals surface area (Å²) in [5.41, 5.74) is 7.49. The van der Waals surface area contributed by atoms with Gasteiger partial charge in [-0.3, -0.25) is 4.79 Å². The molecule has 1 aliphatic rings. The van der Waals surface area contributed by atoms with Crippen LogP contribution >= 0.6 is 0 Å². The fourth-order valence-electron chi connectivity index (χ4n) is 3.25. The van der Waals surface area contributed by atoms with Gasteiger partial charge in [0.2, 0.25) is 0 Å². The summed E-state index contributed by atoms with van der Waals surface area (Å²) in [5.74, 6) is -0.773. The van der Waals surface area contributed by atoms with E-state index in [1.807, 2.05) is 12.1 Å². The number of nitrogens with two attached hydrogens (primary N) is 1. The van der Waals surface area contributed by atoms with Gasteiger partial charge in [0, 0.05) is 19.3 Å². The van der Waals surface area contributed by atoms with Crippen LogP contribution < -0.4 is 10.6 Å². The molecule has 20 heavy (non-hydrogen) atoms. The number of para-hydroxylation sites is 1. The molecule has 2 atom stereocenters. The van der Waals surface area contributed by atoms with Crippen molar-refractivity contribution in [1.29, 1.82) is 0 Å². The van der Waals surface area contributed by atoms with E-state index in [2.05, 4.69) is 31.0 Å². The Labute approximate surface area is 120 Å². The van der Waals surface area contributed by atoms with Crippen LogP contribution in [0.4, 0.5) is 5.69 Å². The summed E-state index contributed by atoms with van der Waals surface area (Å²) in [6, 6.07) is 8.24. The smallest absolute Gasteiger partial charge is 0.323 e. The van der Waals surface area contributed by atoms with Crippen LogP contribution in [0.5, 0.6) is 0 Å². The van der Waals surface area contributed by atoms with Gasteiger partial charge in [0.05, 0.1) is 0 Å². The zero-order valence-electron chi connectivity index (χ0n) is 12.3. The molecule has 0 amide bonds. The molecule has 2 unspecified atom stereocenters. The molecule has 0 aromatic heterocycles. The topological polar surface area (TPSA) is 66.6 Å². The molecule has 1 saturated carbocycles. The summed E-state index contributed by atoms with van der Waals surface area (Å²) in [7, 11) is 2.05. The number of carboxylic acid groups (broad SMARTS) is 1. The van der Waals surface area contributed by atoms with Gasteiger partial charge in [-0.05, 0) is 43.7 Å². The Hall–Kier alpha value is -1.55. The Morgan fingerprint density at radius 3 is 2.85 bits per heavy atom. The van der Waals surface area contributed by atoms with Crippen LogP contribution in [0, 0.1) is 12.8 Å². The molecule has 3 N–H and O–H groups in total. The first-order valence-electron chi connectivity index (χ1n) is 7.24. The van der Waals surface area contributed by atoms with Crippen molar-refractivity contribution in [3.63, 3.8) is 0 Å². The first kappa shape index (κ1) is 14.9. The summed E-state index contributed by atoms with van der Waals surface area (Å²) in [6.45, 7) is 2.92. The van der Waals surface area contributed by atoms with E-state index in [0.29, 0.717) is 6.42 Å². The summed E-state index contributed by atoms with van der Waals surface area (Å²) in [4.78, 5) is 13.6. The fourth-order valence-corrected chi connectivity index (χ4v) is 3.25. The quantitative estimate of drug-likeness (QED) is 0.866. The van der Waals surface area contributed by atoms with Gasteiger partial charge in [-0.15, -0.1) is 0 Å². The van der Waals surface area contributed by atoms with Crippen LogP contribution in [-0.2, 0) is 4.79 Å². The predicted octanol–water partition coefficient (Wildman–Crippen LogP) is 2.40. The summed E-state index contributed by atoms with van der Waals surface area (Å²) >= 11 is 0. The lowest BCUT2D eigenvalue weighted by Crippen LogP contribution is -2.51. The molecule has 0 aliphatic heterocycles. The van der Waals surface area contributed by atoms with Crippen LogP contribution in [0.2, 0.25) is 0 Å². The van der Waals surface area contributed by atoms with E-state index in [1.54, 1.807) is 0 Å². The molecule has 110 valence electrons. The monoisotopic (exact) mass is 276 g/mol. The first-order chi connectivity index (χ1) is 9.45. The van der Waals surface area contributed by atoms with E-state index in [9.17, 15) is 9.90 Å². The second kappa shape index (κ2) is 5.83. The minimum absolute atomic E-state index is 0.0754. The van der Waals surface area contributed by atoms with Crippen molar-refractivity contribution in [3.05, 3.63) is 29.8 Å². The number of aliphatic carboxylic acids is 1. The van der Waals surface area contributed by atoms with Gasteiger partial charge in [0.1, 0.15) is 5.54 Å². The van der Waals surface area contributed by atoms with Crippen LogP contribution in [0.15, 0.2) is 24.3 Å². The highest BCUT2D eigenvalue weighted by Gasteiger charge is 2.45. The maximum absolute atomic E-state index is 11.4.